The molecule has 5 nitrogen and oxygen atoms in total. The van der Waals surface area contributed by atoms with Crippen LogP contribution in [0.5, 0.6) is 5.75 Å². The molecule has 1 aliphatic rings. The zero-order valence-electron chi connectivity index (χ0n) is 14.9. The van der Waals surface area contributed by atoms with Crippen LogP contribution in [-0.2, 0) is 0 Å². The van der Waals surface area contributed by atoms with E-state index in [1.165, 1.54) is 0 Å². The summed E-state index contributed by atoms with van der Waals surface area (Å²) in [6.07, 6.45) is 1.82. The largest absolute Gasteiger partial charge is 0.492 e. The molecule has 0 unspecified atom stereocenters. The van der Waals surface area contributed by atoms with Gasteiger partial charge in [0.15, 0.2) is 0 Å². The molecule has 0 radical (unpaired) electrons. The van der Waals surface area contributed by atoms with Gasteiger partial charge in [0.25, 0.3) is 5.91 Å². The summed E-state index contributed by atoms with van der Waals surface area (Å²) in [5.41, 5.74) is 2.86. The number of amides is 1. The molecule has 0 saturated carbocycles. The second kappa shape index (κ2) is 7.12. The predicted octanol–water partition coefficient (Wildman–Crippen LogP) is 3.53. The van der Waals surface area contributed by atoms with E-state index >= 15 is 0 Å². The lowest BCUT2D eigenvalue weighted by Gasteiger charge is -2.36. The summed E-state index contributed by atoms with van der Waals surface area (Å²) in [6.45, 7) is 5.67. The second-order valence-electron chi connectivity index (χ2n) is 6.43. The molecule has 1 aliphatic heterocycles. The molecule has 0 spiro atoms. The fraction of sp³-hybridized carbons (Fsp3) is 0.286. The third-order valence-corrected chi connectivity index (χ3v) is 4.89. The number of hydrogen-bond donors (Lipinski definition) is 1. The first-order chi connectivity index (χ1) is 12.8. The van der Waals surface area contributed by atoms with E-state index in [0.717, 1.165) is 41.0 Å². The first-order valence-corrected chi connectivity index (χ1v) is 9.10. The molecule has 26 heavy (non-hydrogen) atoms. The first-order valence-electron chi connectivity index (χ1n) is 9.10. The van der Waals surface area contributed by atoms with Crippen molar-refractivity contribution in [1.29, 1.82) is 0 Å². The Morgan fingerprint density at radius 3 is 2.58 bits per heavy atom. The molecule has 0 aliphatic carbocycles. The monoisotopic (exact) mass is 349 g/mol. The quantitative estimate of drug-likeness (QED) is 0.784. The normalized spacial score (nSPS) is 14.7. The third kappa shape index (κ3) is 3.01. The number of carbonyl (C=O) groups excluding carboxylic acids is 1. The van der Waals surface area contributed by atoms with E-state index in [2.05, 4.69) is 16.0 Å². The minimum Gasteiger partial charge on any atom is -0.492 e. The fourth-order valence-corrected chi connectivity index (χ4v) is 3.57. The number of benzene rings is 2. The molecule has 3 aromatic rings. The van der Waals surface area contributed by atoms with Crippen LogP contribution in [0.2, 0.25) is 0 Å². The van der Waals surface area contributed by atoms with Gasteiger partial charge in [0.05, 0.1) is 17.9 Å². The van der Waals surface area contributed by atoms with Crippen molar-refractivity contribution in [1.82, 2.24) is 9.88 Å². The Morgan fingerprint density at radius 1 is 1.04 bits per heavy atom. The van der Waals surface area contributed by atoms with Gasteiger partial charge in [-0.1, -0.05) is 30.3 Å². The topological polar surface area (TPSA) is 48.6 Å². The SMILES string of the molecule is CCOc1ccccc1N1CCN(C(=O)c2c[nH]c3ccccc23)CC1. The van der Waals surface area contributed by atoms with Crippen molar-refractivity contribution >= 4 is 22.5 Å². The molecule has 134 valence electrons. The van der Waals surface area contributed by atoms with E-state index in [9.17, 15) is 4.79 Å². The highest BCUT2D eigenvalue weighted by Crippen LogP contribution is 2.29. The average molecular weight is 349 g/mol. The summed E-state index contributed by atoms with van der Waals surface area (Å²) >= 11 is 0. The van der Waals surface area contributed by atoms with Crippen LogP contribution >= 0.6 is 0 Å². The number of ether oxygens (including phenoxy) is 1. The van der Waals surface area contributed by atoms with Crippen LogP contribution in [-0.4, -0.2) is 48.6 Å². The number of hydrogen-bond acceptors (Lipinski definition) is 3. The maximum Gasteiger partial charge on any atom is 0.256 e. The predicted molar refractivity (Wildman–Crippen MR) is 104 cm³/mol. The maximum atomic E-state index is 13.0. The van der Waals surface area contributed by atoms with Gasteiger partial charge in [0.1, 0.15) is 5.75 Å². The van der Waals surface area contributed by atoms with Crippen molar-refractivity contribution in [3.63, 3.8) is 0 Å². The van der Waals surface area contributed by atoms with Crippen molar-refractivity contribution in [2.24, 2.45) is 0 Å². The Kier molecular flexibility index (Phi) is 4.52. The van der Waals surface area contributed by atoms with Gasteiger partial charge in [-0.05, 0) is 25.1 Å². The molecule has 0 bridgehead atoms. The van der Waals surface area contributed by atoms with Crippen molar-refractivity contribution in [2.75, 3.05) is 37.7 Å². The minimum atomic E-state index is 0.0974. The Labute approximate surface area is 153 Å². The Balaban J connectivity index is 1.48. The van der Waals surface area contributed by atoms with E-state index in [0.29, 0.717) is 19.7 Å². The van der Waals surface area contributed by atoms with Crippen LogP contribution in [0, 0.1) is 0 Å². The number of rotatable bonds is 4. The Hall–Kier alpha value is -2.95. The number of anilines is 1. The number of aromatic nitrogens is 1. The second-order valence-corrected chi connectivity index (χ2v) is 6.43. The highest BCUT2D eigenvalue weighted by Gasteiger charge is 2.25. The fourth-order valence-electron chi connectivity index (χ4n) is 3.57. The van der Waals surface area contributed by atoms with Crippen molar-refractivity contribution in [3.8, 4) is 5.75 Å². The van der Waals surface area contributed by atoms with Gasteiger partial charge in [0.2, 0.25) is 0 Å². The summed E-state index contributed by atoms with van der Waals surface area (Å²) in [7, 11) is 0. The van der Waals surface area contributed by atoms with Gasteiger partial charge in [-0.25, -0.2) is 0 Å². The van der Waals surface area contributed by atoms with Gasteiger partial charge in [-0.3, -0.25) is 4.79 Å². The van der Waals surface area contributed by atoms with Crippen LogP contribution in [0.3, 0.4) is 0 Å². The van der Waals surface area contributed by atoms with Gasteiger partial charge in [-0.2, -0.15) is 0 Å². The number of para-hydroxylation sites is 3. The van der Waals surface area contributed by atoms with E-state index in [-0.39, 0.29) is 5.91 Å². The third-order valence-electron chi connectivity index (χ3n) is 4.89. The number of nitrogens with one attached hydrogen (secondary N) is 1. The number of fused-ring (bicyclic) bond motifs is 1. The number of aromatic amines is 1. The summed E-state index contributed by atoms with van der Waals surface area (Å²) in [4.78, 5) is 20.4. The molecule has 1 fully saturated rings. The lowest BCUT2D eigenvalue weighted by molar-refractivity contribution is 0.0748. The smallest absolute Gasteiger partial charge is 0.256 e. The molecule has 1 N–H and O–H groups in total. The molecule has 5 heteroatoms. The summed E-state index contributed by atoms with van der Waals surface area (Å²) < 4.78 is 5.75. The molecule has 1 amide bonds. The highest BCUT2D eigenvalue weighted by atomic mass is 16.5. The molecule has 2 heterocycles. The van der Waals surface area contributed by atoms with Crippen LogP contribution in [0.4, 0.5) is 5.69 Å². The summed E-state index contributed by atoms with van der Waals surface area (Å²) in [5, 5.41) is 0.988. The molecular weight excluding hydrogens is 326 g/mol. The van der Waals surface area contributed by atoms with Crippen molar-refractivity contribution in [3.05, 3.63) is 60.3 Å². The Bertz CT molecular complexity index is 910. The van der Waals surface area contributed by atoms with Gasteiger partial charge in [-0.15, -0.1) is 0 Å². The number of H-pyrrole nitrogens is 1. The molecular formula is C21H23N3O2. The van der Waals surface area contributed by atoms with Crippen molar-refractivity contribution in [2.45, 2.75) is 6.92 Å². The standard InChI is InChI=1S/C21H23N3O2/c1-2-26-20-10-6-5-9-19(20)23-11-13-24(14-12-23)21(25)17-15-22-18-8-4-3-7-16(17)18/h3-10,15,22H,2,11-14H2,1H3. The molecule has 2 aromatic carbocycles. The number of nitrogens with zero attached hydrogens (tertiary/aromatic N) is 2. The van der Waals surface area contributed by atoms with Crippen LogP contribution in [0.1, 0.15) is 17.3 Å². The van der Waals surface area contributed by atoms with E-state index in [1.807, 2.05) is 60.5 Å². The zero-order chi connectivity index (χ0) is 17.9. The van der Waals surface area contributed by atoms with Gasteiger partial charge < -0.3 is 19.5 Å². The number of piperazine rings is 1. The Morgan fingerprint density at radius 2 is 1.77 bits per heavy atom. The lowest BCUT2D eigenvalue weighted by atomic mass is 10.1. The van der Waals surface area contributed by atoms with E-state index in [4.69, 9.17) is 4.74 Å². The van der Waals surface area contributed by atoms with Gasteiger partial charge >= 0.3 is 0 Å². The molecule has 1 saturated heterocycles. The lowest BCUT2D eigenvalue weighted by Crippen LogP contribution is -2.48. The van der Waals surface area contributed by atoms with Crippen LogP contribution in [0.15, 0.2) is 54.7 Å². The average Bonchev–Trinajstić information content (AvgIpc) is 3.12. The maximum absolute atomic E-state index is 13.0. The highest BCUT2D eigenvalue weighted by molar-refractivity contribution is 6.06. The van der Waals surface area contributed by atoms with E-state index < -0.39 is 0 Å². The molecule has 0 atom stereocenters. The molecule has 4 rings (SSSR count). The van der Waals surface area contributed by atoms with Crippen molar-refractivity contribution < 1.29 is 9.53 Å². The van der Waals surface area contributed by atoms with Crippen LogP contribution < -0.4 is 9.64 Å². The van der Waals surface area contributed by atoms with Crippen LogP contribution in [0.25, 0.3) is 10.9 Å². The minimum absolute atomic E-state index is 0.0974. The van der Waals surface area contributed by atoms with E-state index in [1.54, 1.807) is 0 Å². The summed E-state index contributed by atoms with van der Waals surface area (Å²) in [5.74, 6) is 1.01. The summed E-state index contributed by atoms with van der Waals surface area (Å²) in [6, 6.07) is 16.0. The first kappa shape index (κ1) is 16.5. The molecule has 1 aromatic heterocycles. The van der Waals surface area contributed by atoms with Gasteiger partial charge in [0, 0.05) is 43.3 Å². The zero-order valence-corrected chi connectivity index (χ0v) is 14.9. The number of carbonyl (C=O) groups is 1.